The summed E-state index contributed by atoms with van der Waals surface area (Å²) in [6.45, 7) is 3.96. The second kappa shape index (κ2) is 4.18. The third-order valence-electron chi connectivity index (χ3n) is 2.52. The molecular weight excluding hydrogens is 245 g/mol. The maximum absolute atomic E-state index is 12.4. The molecule has 0 nitrogen and oxygen atoms in total. The van der Waals surface area contributed by atoms with E-state index in [0.29, 0.717) is 0 Å². The second-order valence-corrected chi connectivity index (χ2v) is 5.20. The summed E-state index contributed by atoms with van der Waals surface area (Å²) in [7, 11) is 0. The molecule has 0 aliphatic rings. The molecule has 0 saturated carbocycles. The Balaban J connectivity index is 2.39. The van der Waals surface area contributed by atoms with Crippen molar-refractivity contribution in [3.05, 3.63) is 46.3 Å². The van der Waals surface area contributed by atoms with Crippen LogP contribution in [0.4, 0.5) is 13.2 Å². The molecule has 0 unspecified atom stereocenters. The van der Waals surface area contributed by atoms with Gasteiger partial charge in [0, 0.05) is 9.75 Å². The van der Waals surface area contributed by atoms with Crippen molar-refractivity contribution in [1.82, 2.24) is 0 Å². The van der Waals surface area contributed by atoms with Crippen LogP contribution in [0.2, 0.25) is 0 Å². The quantitative estimate of drug-likeness (QED) is 0.669. The third kappa shape index (κ3) is 2.52. The molecule has 0 fully saturated rings. The molecule has 0 amide bonds. The minimum atomic E-state index is -4.26. The number of hydrogen-bond acceptors (Lipinski definition) is 1. The first kappa shape index (κ1) is 12.2. The van der Waals surface area contributed by atoms with Gasteiger partial charge in [-0.1, -0.05) is 12.1 Å². The largest absolute Gasteiger partial charge is 0.416 e. The molecule has 1 aromatic carbocycles. The molecule has 0 aliphatic heterocycles. The zero-order valence-electron chi connectivity index (χ0n) is 9.43. The summed E-state index contributed by atoms with van der Waals surface area (Å²) in [5.74, 6) is 0. The van der Waals surface area contributed by atoms with Crippen LogP contribution in [0.1, 0.15) is 16.0 Å². The molecule has 1 aromatic heterocycles. The van der Waals surface area contributed by atoms with E-state index in [9.17, 15) is 13.2 Å². The maximum atomic E-state index is 12.4. The van der Waals surface area contributed by atoms with Crippen LogP contribution in [0.25, 0.3) is 10.4 Å². The molecule has 0 radical (unpaired) electrons. The summed E-state index contributed by atoms with van der Waals surface area (Å²) in [4.78, 5) is 2.20. The summed E-state index contributed by atoms with van der Waals surface area (Å²) in [5.41, 5.74) is 1.34. The van der Waals surface area contributed by atoms with Crippen molar-refractivity contribution >= 4 is 11.3 Å². The lowest BCUT2D eigenvalue weighted by Crippen LogP contribution is -2.03. The van der Waals surface area contributed by atoms with Crippen molar-refractivity contribution in [1.29, 1.82) is 0 Å². The maximum Gasteiger partial charge on any atom is 0.416 e. The van der Waals surface area contributed by atoms with Gasteiger partial charge < -0.3 is 0 Å². The van der Waals surface area contributed by atoms with Crippen LogP contribution in [0.3, 0.4) is 0 Å². The average molecular weight is 256 g/mol. The van der Waals surface area contributed by atoms with Gasteiger partial charge in [0.1, 0.15) is 0 Å². The third-order valence-corrected chi connectivity index (χ3v) is 3.72. The fourth-order valence-corrected chi connectivity index (χ4v) is 2.77. The van der Waals surface area contributed by atoms with E-state index >= 15 is 0 Å². The van der Waals surface area contributed by atoms with Gasteiger partial charge >= 0.3 is 6.18 Å². The van der Waals surface area contributed by atoms with Gasteiger partial charge in [-0.05, 0) is 43.2 Å². The summed E-state index contributed by atoms with van der Waals surface area (Å²) in [6, 6.07) is 7.35. The first-order valence-electron chi connectivity index (χ1n) is 5.12. The van der Waals surface area contributed by atoms with Gasteiger partial charge in [0.2, 0.25) is 0 Å². The minimum absolute atomic E-state index is 0.604. The normalized spacial score (nSPS) is 11.8. The highest BCUT2D eigenvalue weighted by Crippen LogP contribution is 2.34. The van der Waals surface area contributed by atoms with E-state index in [2.05, 4.69) is 0 Å². The molecule has 0 N–H and O–H groups in total. The molecule has 0 bridgehead atoms. The standard InChI is InChI=1S/C13H11F3S/c1-8-7-9(2)17-12(8)10-3-5-11(6-4-10)13(14,15)16/h3-7H,1-2H3. The van der Waals surface area contributed by atoms with Gasteiger partial charge in [0.15, 0.2) is 0 Å². The Morgan fingerprint density at radius 3 is 2.00 bits per heavy atom. The Morgan fingerprint density at radius 1 is 1.00 bits per heavy atom. The highest BCUT2D eigenvalue weighted by Gasteiger charge is 2.30. The molecule has 4 heteroatoms. The highest BCUT2D eigenvalue weighted by molar-refractivity contribution is 7.15. The molecule has 0 spiro atoms. The van der Waals surface area contributed by atoms with Crippen molar-refractivity contribution in [2.75, 3.05) is 0 Å². The number of rotatable bonds is 1. The van der Waals surface area contributed by atoms with Crippen molar-refractivity contribution in [3.8, 4) is 10.4 Å². The van der Waals surface area contributed by atoms with Crippen LogP contribution < -0.4 is 0 Å². The Labute approximate surface area is 102 Å². The van der Waals surface area contributed by atoms with E-state index < -0.39 is 11.7 Å². The lowest BCUT2D eigenvalue weighted by Gasteiger charge is -2.07. The van der Waals surface area contributed by atoms with E-state index in [0.717, 1.165) is 33.0 Å². The van der Waals surface area contributed by atoms with Gasteiger partial charge in [-0.2, -0.15) is 13.2 Å². The number of benzene rings is 1. The molecule has 0 atom stereocenters. The average Bonchev–Trinajstić information content (AvgIpc) is 2.57. The van der Waals surface area contributed by atoms with Gasteiger partial charge in [-0.25, -0.2) is 0 Å². The lowest BCUT2D eigenvalue weighted by atomic mass is 10.1. The summed E-state index contributed by atoms with van der Waals surface area (Å²) >= 11 is 1.60. The minimum Gasteiger partial charge on any atom is -0.166 e. The fraction of sp³-hybridized carbons (Fsp3) is 0.231. The van der Waals surface area contributed by atoms with Gasteiger partial charge in [0.25, 0.3) is 0 Å². The Kier molecular flexibility index (Phi) is 3.00. The summed E-state index contributed by atoms with van der Waals surface area (Å²) in [5, 5.41) is 0. The van der Waals surface area contributed by atoms with Gasteiger partial charge in [-0.15, -0.1) is 11.3 Å². The molecule has 0 aliphatic carbocycles. The summed E-state index contributed by atoms with van der Waals surface area (Å²) < 4.78 is 37.2. The summed E-state index contributed by atoms with van der Waals surface area (Å²) in [6.07, 6.45) is -4.26. The molecule has 90 valence electrons. The predicted molar refractivity (Wildman–Crippen MR) is 64.2 cm³/mol. The zero-order valence-corrected chi connectivity index (χ0v) is 10.2. The Hall–Kier alpha value is -1.29. The number of thiophene rings is 1. The number of halogens is 3. The van der Waals surface area contributed by atoms with E-state index in [1.165, 1.54) is 12.1 Å². The smallest absolute Gasteiger partial charge is 0.166 e. The van der Waals surface area contributed by atoms with Crippen molar-refractivity contribution in [3.63, 3.8) is 0 Å². The van der Waals surface area contributed by atoms with E-state index in [4.69, 9.17) is 0 Å². The van der Waals surface area contributed by atoms with Crippen molar-refractivity contribution in [2.45, 2.75) is 20.0 Å². The molecule has 2 aromatic rings. The topological polar surface area (TPSA) is 0 Å². The van der Waals surface area contributed by atoms with Crippen LogP contribution in [-0.2, 0) is 6.18 Å². The van der Waals surface area contributed by atoms with Gasteiger partial charge in [-0.3, -0.25) is 0 Å². The van der Waals surface area contributed by atoms with Crippen molar-refractivity contribution < 1.29 is 13.2 Å². The first-order valence-corrected chi connectivity index (χ1v) is 5.94. The Morgan fingerprint density at radius 2 is 1.59 bits per heavy atom. The zero-order chi connectivity index (χ0) is 12.6. The SMILES string of the molecule is Cc1cc(C)c(-c2ccc(C(F)(F)F)cc2)s1. The first-order chi connectivity index (χ1) is 7.88. The predicted octanol–water partition coefficient (Wildman–Crippen LogP) is 5.05. The van der Waals surface area contributed by atoms with Crippen LogP contribution in [0, 0.1) is 13.8 Å². The monoisotopic (exact) mass is 256 g/mol. The fourth-order valence-electron chi connectivity index (χ4n) is 1.74. The number of alkyl halides is 3. The molecular formula is C13H11F3S. The van der Waals surface area contributed by atoms with E-state index in [1.54, 1.807) is 11.3 Å². The molecule has 0 saturated heterocycles. The molecule has 17 heavy (non-hydrogen) atoms. The van der Waals surface area contributed by atoms with E-state index in [1.807, 2.05) is 19.9 Å². The van der Waals surface area contributed by atoms with Crippen molar-refractivity contribution in [2.24, 2.45) is 0 Å². The van der Waals surface area contributed by atoms with Crippen LogP contribution >= 0.6 is 11.3 Å². The van der Waals surface area contributed by atoms with Crippen LogP contribution in [-0.4, -0.2) is 0 Å². The van der Waals surface area contributed by atoms with E-state index in [-0.39, 0.29) is 0 Å². The highest BCUT2D eigenvalue weighted by atomic mass is 32.1. The van der Waals surface area contributed by atoms with Crippen LogP contribution in [0.15, 0.2) is 30.3 Å². The number of aryl methyl sites for hydroxylation is 2. The lowest BCUT2D eigenvalue weighted by molar-refractivity contribution is -0.137. The second-order valence-electron chi connectivity index (χ2n) is 3.94. The van der Waals surface area contributed by atoms with Crippen LogP contribution in [0.5, 0.6) is 0 Å². The van der Waals surface area contributed by atoms with Gasteiger partial charge in [0.05, 0.1) is 5.56 Å². The number of hydrogen-bond donors (Lipinski definition) is 0. The molecule has 1 heterocycles. The Bertz CT molecular complexity index is 521. The molecule has 2 rings (SSSR count).